The molecule has 3 N–H and O–H groups in total. The van der Waals surface area contributed by atoms with Gasteiger partial charge in [0.05, 0.1) is 6.10 Å². The second kappa shape index (κ2) is 5.59. The number of ether oxygens (including phenoxy) is 1. The van der Waals surface area contributed by atoms with E-state index < -0.39 is 0 Å². The Morgan fingerprint density at radius 3 is 2.58 bits per heavy atom. The van der Waals surface area contributed by atoms with Crippen LogP contribution in [0.5, 0.6) is 6.01 Å². The molecule has 6 nitrogen and oxygen atoms in total. The highest BCUT2D eigenvalue weighted by atomic mass is 16.5. The van der Waals surface area contributed by atoms with E-state index in [2.05, 4.69) is 27.2 Å². The summed E-state index contributed by atoms with van der Waals surface area (Å²) in [5.74, 6) is 0.681. The van der Waals surface area contributed by atoms with Gasteiger partial charge in [-0.1, -0.05) is 19.8 Å². The molecule has 1 aromatic rings. The van der Waals surface area contributed by atoms with Gasteiger partial charge in [0.2, 0.25) is 11.9 Å². The molecule has 0 aliphatic heterocycles. The fourth-order valence-electron chi connectivity index (χ4n) is 2.41. The highest BCUT2D eigenvalue weighted by Gasteiger charge is 2.28. The van der Waals surface area contributed by atoms with Gasteiger partial charge in [-0.15, -0.1) is 0 Å². The molecule has 0 radical (unpaired) electrons. The highest BCUT2D eigenvalue weighted by Crippen LogP contribution is 2.37. The Morgan fingerprint density at radius 1 is 1.26 bits per heavy atom. The monoisotopic (exact) mass is 265 g/mol. The molecule has 0 atom stereocenters. The molecule has 0 unspecified atom stereocenters. The van der Waals surface area contributed by atoms with Crippen molar-refractivity contribution in [3.8, 4) is 6.01 Å². The van der Waals surface area contributed by atoms with E-state index in [4.69, 9.17) is 10.5 Å². The topological polar surface area (TPSA) is 86.0 Å². The van der Waals surface area contributed by atoms with Crippen molar-refractivity contribution >= 4 is 11.9 Å². The van der Waals surface area contributed by atoms with Crippen LogP contribution in [0.1, 0.15) is 46.5 Å². The molecule has 6 heteroatoms. The molecule has 0 aromatic carbocycles. The molecule has 1 saturated carbocycles. The SMILES string of the molecule is CC(C)Oc1nc(N)nc(NCC2(C)CCCC2)n1. The molecule has 1 aliphatic rings. The number of aromatic nitrogens is 3. The first kappa shape index (κ1) is 13.8. The Bertz CT molecular complexity index is 429. The summed E-state index contributed by atoms with van der Waals surface area (Å²) < 4.78 is 5.45. The predicted molar refractivity (Wildman–Crippen MR) is 75.1 cm³/mol. The van der Waals surface area contributed by atoms with Crippen LogP contribution < -0.4 is 15.8 Å². The maximum Gasteiger partial charge on any atom is 0.323 e. The van der Waals surface area contributed by atoms with Gasteiger partial charge in [-0.05, 0) is 32.1 Å². The van der Waals surface area contributed by atoms with Gasteiger partial charge in [-0.2, -0.15) is 15.0 Å². The Labute approximate surface area is 114 Å². The van der Waals surface area contributed by atoms with Crippen LogP contribution in [0.15, 0.2) is 0 Å². The van der Waals surface area contributed by atoms with Gasteiger partial charge in [-0.3, -0.25) is 0 Å². The largest absolute Gasteiger partial charge is 0.461 e. The molecule has 0 saturated heterocycles. The molecule has 106 valence electrons. The van der Waals surface area contributed by atoms with E-state index in [9.17, 15) is 0 Å². The lowest BCUT2D eigenvalue weighted by atomic mass is 9.89. The van der Waals surface area contributed by atoms with Crippen molar-refractivity contribution in [2.24, 2.45) is 5.41 Å². The summed E-state index contributed by atoms with van der Waals surface area (Å²) in [6.07, 6.45) is 5.12. The van der Waals surface area contributed by atoms with Crippen LogP contribution in [-0.4, -0.2) is 27.6 Å². The third kappa shape index (κ3) is 3.94. The van der Waals surface area contributed by atoms with Crippen molar-refractivity contribution in [2.75, 3.05) is 17.6 Å². The van der Waals surface area contributed by atoms with Crippen LogP contribution in [-0.2, 0) is 0 Å². The standard InChI is InChI=1S/C13H23N5O/c1-9(2)19-12-17-10(14)16-11(18-12)15-8-13(3)6-4-5-7-13/h9H,4-8H2,1-3H3,(H3,14,15,16,17,18). The molecular formula is C13H23N5O. The van der Waals surface area contributed by atoms with Crippen LogP contribution in [0.3, 0.4) is 0 Å². The predicted octanol–water partition coefficient (Wildman–Crippen LogP) is 2.23. The smallest absolute Gasteiger partial charge is 0.323 e. The number of anilines is 2. The van der Waals surface area contributed by atoms with E-state index in [1.54, 1.807) is 0 Å². The maximum atomic E-state index is 5.67. The van der Waals surface area contributed by atoms with Gasteiger partial charge in [0.25, 0.3) is 0 Å². The average molecular weight is 265 g/mol. The first-order valence-electron chi connectivity index (χ1n) is 6.89. The van der Waals surface area contributed by atoms with Gasteiger partial charge in [0.15, 0.2) is 0 Å². The maximum absolute atomic E-state index is 5.67. The molecule has 19 heavy (non-hydrogen) atoms. The second-order valence-corrected chi connectivity index (χ2v) is 5.84. The summed E-state index contributed by atoms with van der Waals surface area (Å²) in [5, 5.41) is 3.26. The van der Waals surface area contributed by atoms with E-state index in [1.165, 1.54) is 25.7 Å². The van der Waals surface area contributed by atoms with Crippen LogP contribution in [0, 0.1) is 5.41 Å². The fourth-order valence-corrected chi connectivity index (χ4v) is 2.41. The molecule has 0 amide bonds. The van der Waals surface area contributed by atoms with E-state index in [0.717, 1.165) is 6.54 Å². The van der Waals surface area contributed by atoms with Crippen molar-refractivity contribution in [1.82, 2.24) is 15.0 Å². The third-order valence-corrected chi connectivity index (χ3v) is 3.46. The summed E-state index contributed by atoms with van der Waals surface area (Å²) in [5.41, 5.74) is 6.00. The summed E-state index contributed by atoms with van der Waals surface area (Å²) in [6, 6.07) is 0.279. The Morgan fingerprint density at radius 2 is 1.95 bits per heavy atom. The number of hydrogen-bond donors (Lipinski definition) is 2. The minimum absolute atomic E-state index is 0.0157. The lowest BCUT2D eigenvalue weighted by molar-refractivity contribution is 0.222. The van der Waals surface area contributed by atoms with E-state index in [-0.39, 0.29) is 18.1 Å². The molecule has 1 fully saturated rings. The zero-order chi connectivity index (χ0) is 13.9. The van der Waals surface area contributed by atoms with Crippen molar-refractivity contribution in [3.05, 3.63) is 0 Å². The molecule has 1 aliphatic carbocycles. The number of nitrogens with zero attached hydrogens (tertiary/aromatic N) is 3. The summed E-state index contributed by atoms with van der Waals surface area (Å²) >= 11 is 0. The highest BCUT2D eigenvalue weighted by molar-refractivity contribution is 5.32. The lowest BCUT2D eigenvalue weighted by Crippen LogP contribution is -2.24. The van der Waals surface area contributed by atoms with Crippen molar-refractivity contribution in [3.63, 3.8) is 0 Å². The fraction of sp³-hybridized carbons (Fsp3) is 0.769. The van der Waals surface area contributed by atoms with Gasteiger partial charge < -0.3 is 15.8 Å². The first-order chi connectivity index (χ1) is 8.97. The summed E-state index contributed by atoms with van der Waals surface area (Å²) in [6.45, 7) is 7.00. The molecule has 1 heterocycles. The Balaban J connectivity index is 2.01. The molecular weight excluding hydrogens is 242 g/mol. The second-order valence-electron chi connectivity index (χ2n) is 5.84. The molecule has 1 aromatic heterocycles. The van der Waals surface area contributed by atoms with Crippen LogP contribution >= 0.6 is 0 Å². The minimum atomic E-state index is 0.0157. The van der Waals surface area contributed by atoms with Crippen molar-refractivity contribution in [2.45, 2.75) is 52.6 Å². The van der Waals surface area contributed by atoms with Gasteiger partial charge in [0, 0.05) is 6.54 Å². The van der Waals surface area contributed by atoms with Gasteiger partial charge >= 0.3 is 6.01 Å². The molecule has 2 rings (SSSR count). The summed E-state index contributed by atoms with van der Waals surface area (Å²) in [4.78, 5) is 12.3. The Hall–Kier alpha value is -1.59. The van der Waals surface area contributed by atoms with E-state index in [0.29, 0.717) is 11.4 Å². The first-order valence-corrected chi connectivity index (χ1v) is 6.89. The summed E-state index contributed by atoms with van der Waals surface area (Å²) in [7, 11) is 0. The number of rotatable bonds is 5. The van der Waals surface area contributed by atoms with Crippen LogP contribution in [0.2, 0.25) is 0 Å². The van der Waals surface area contributed by atoms with Crippen LogP contribution in [0.4, 0.5) is 11.9 Å². The number of nitrogens with one attached hydrogen (secondary N) is 1. The van der Waals surface area contributed by atoms with Gasteiger partial charge in [0.1, 0.15) is 0 Å². The normalized spacial score (nSPS) is 17.7. The van der Waals surface area contributed by atoms with Crippen LogP contribution in [0.25, 0.3) is 0 Å². The third-order valence-electron chi connectivity index (χ3n) is 3.46. The molecule has 0 bridgehead atoms. The number of nitrogens with two attached hydrogens (primary N) is 1. The van der Waals surface area contributed by atoms with Crippen molar-refractivity contribution < 1.29 is 4.74 Å². The van der Waals surface area contributed by atoms with Crippen molar-refractivity contribution in [1.29, 1.82) is 0 Å². The number of hydrogen-bond acceptors (Lipinski definition) is 6. The minimum Gasteiger partial charge on any atom is -0.461 e. The quantitative estimate of drug-likeness (QED) is 0.849. The number of nitrogen functional groups attached to an aromatic ring is 1. The Kier molecular flexibility index (Phi) is 4.07. The zero-order valence-electron chi connectivity index (χ0n) is 11.9. The van der Waals surface area contributed by atoms with E-state index >= 15 is 0 Å². The average Bonchev–Trinajstić information content (AvgIpc) is 2.73. The zero-order valence-corrected chi connectivity index (χ0v) is 11.9. The molecule has 0 spiro atoms. The van der Waals surface area contributed by atoms with E-state index in [1.807, 2.05) is 13.8 Å². The van der Waals surface area contributed by atoms with Gasteiger partial charge in [-0.25, -0.2) is 0 Å². The lowest BCUT2D eigenvalue weighted by Gasteiger charge is -2.23.